The summed E-state index contributed by atoms with van der Waals surface area (Å²) in [6.45, 7) is 3.04. The van der Waals surface area contributed by atoms with E-state index in [1.54, 1.807) is 0 Å². The molecule has 1 fully saturated rings. The maximum absolute atomic E-state index is 10.8. The molecular weight excluding hydrogens is 248 g/mol. The minimum atomic E-state index is 0.0135. The molecule has 1 aliphatic rings. The molecule has 0 saturated heterocycles. The molecule has 18 heavy (non-hydrogen) atoms. The largest absolute Gasteiger partial charge is 0.356 e. The number of benzene rings is 1. The van der Waals surface area contributed by atoms with Gasteiger partial charge in [-0.3, -0.25) is 4.79 Å². The molecule has 0 radical (unpaired) electrons. The fourth-order valence-corrected chi connectivity index (χ4v) is 2.03. The molecule has 1 aromatic rings. The first kappa shape index (κ1) is 13.4. The monoisotopic (exact) mass is 266 g/mol. The lowest BCUT2D eigenvalue weighted by atomic mass is 10.1. The van der Waals surface area contributed by atoms with E-state index in [0.717, 1.165) is 23.6 Å². The van der Waals surface area contributed by atoms with Gasteiger partial charge in [-0.05, 0) is 36.5 Å². The zero-order chi connectivity index (χ0) is 13.0. The Labute approximate surface area is 113 Å². The van der Waals surface area contributed by atoms with Crippen molar-refractivity contribution in [3.05, 3.63) is 34.3 Å². The molecule has 1 saturated carbocycles. The van der Waals surface area contributed by atoms with Crippen LogP contribution in [0.2, 0.25) is 5.02 Å². The number of halogens is 1. The van der Waals surface area contributed by atoms with E-state index in [-0.39, 0.29) is 5.91 Å². The van der Waals surface area contributed by atoms with Gasteiger partial charge in [0.2, 0.25) is 5.91 Å². The van der Waals surface area contributed by atoms with Crippen LogP contribution in [0.4, 0.5) is 0 Å². The zero-order valence-corrected chi connectivity index (χ0v) is 11.4. The van der Waals surface area contributed by atoms with Gasteiger partial charge in [-0.2, -0.15) is 0 Å². The highest BCUT2D eigenvalue weighted by Gasteiger charge is 2.20. The standard InChI is InChI=1S/C14H19ClN2O/c1-10(18)16-7-6-11-2-5-14(15)12(8-11)9-17-13-3-4-13/h2,5,8,13,17H,3-4,6-7,9H2,1H3,(H,16,18). The van der Waals surface area contributed by atoms with Crippen molar-refractivity contribution in [1.82, 2.24) is 10.6 Å². The quantitative estimate of drug-likeness (QED) is 0.829. The maximum Gasteiger partial charge on any atom is 0.216 e. The van der Waals surface area contributed by atoms with E-state index in [0.29, 0.717) is 12.6 Å². The van der Waals surface area contributed by atoms with Gasteiger partial charge in [0.1, 0.15) is 0 Å². The molecule has 4 heteroatoms. The summed E-state index contributed by atoms with van der Waals surface area (Å²) in [7, 11) is 0. The first-order chi connectivity index (χ1) is 8.65. The number of hydrogen-bond acceptors (Lipinski definition) is 2. The SMILES string of the molecule is CC(=O)NCCc1ccc(Cl)c(CNC2CC2)c1. The predicted octanol–water partition coefficient (Wildman–Crippen LogP) is 2.27. The summed E-state index contributed by atoms with van der Waals surface area (Å²) in [6.07, 6.45) is 3.40. The number of amides is 1. The molecule has 2 N–H and O–H groups in total. The van der Waals surface area contributed by atoms with E-state index >= 15 is 0 Å². The van der Waals surface area contributed by atoms with Gasteiger partial charge in [0.05, 0.1) is 0 Å². The summed E-state index contributed by atoms with van der Waals surface area (Å²) >= 11 is 6.17. The fourth-order valence-electron chi connectivity index (χ4n) is 1.84. The predicted molar refractivity (Wildman–Crippen MR) is 73.7 cm³/mol. The van der Waals surface area contributed by atoms with Gasteiger partial charge in [-0.25, -0.2) is 0 Å². The van der Waals surface area contributed by atoms with Gasteiger partial charge >= 0.3 is 0 Å². The molecule has 0 aromatic heterocycles. The molecule has 1 amide bonds. The lowest BCUT2D eigenvalue weighted by Crippen LogP contribution is -2.22. The highest BCUT2D eigenvalue weighted by Crippen LogP contribution is 2.22. The summed E-state index contributed by atoms with van der Waals surface area (Å²) in [5.74, 6) is 0.0135. The Morgan fingerprint density at radius 2 is 2.22 bits per heavy atom. The molecule has 98 valence electrons. The summed E-state index contributed by atoms with van der Waals surface area (Å²) in [5.41, 5.74) is 2.35. The van der Waals surface area contributed by atoms with Crippen molar-refractivity contribution in [1.29, 1.82) is 0 Å². The summed E-state index contributed by atoms with van der Waals surface area (Å²) in [4.78, 5) is 10.8. The van der Waals surface area contributed by atoms with Crippen LogP contribution >= 0.6 is 11.6 Å². The van der Waals surface area contributed by atoms with Crippen LogP contribution in [0, 0.1) is 0 Å². The summed E-state index contributed by atoms with van der Waals surface area (Å²) in [6, 6.07) is 6.77. The number of carbonyl (C=O) groups is 1. The van der Waals surface area contributed by atoms with E-state index in [4.69, 9.17) is 11.6 Å². The van der Waals surface area contributed by atoms with Crippen LogP contribution in [0.3, 0.4) is 0 Å². The lowest BCUT2D eigenvalue weighted by Gasteiger charge is -2.09. The smallest absolute Gasteiger partial charge is 0.216 e. The van der Waals surface area contributed by atoms with Crippen molar-refractivity contribution in [2.24, 2.45) is 0 Å². The Bertz CT molecular complexity index is 430. The molecule has 0 bridgehead atoms. The average molecular weight is 267 g/mol. The molecular formula is C14H19ClN2O. The molecule has 2 rings (SSSR count). The third-order valence-corrected chi connectivity index (χ3v) is 3.43. The third-order valence-electron chi connectivity index (χ3n) is 3.06. The first-order valence-corrected chi connectivity index (χ1v) is 6.78. The van der Waals surface area contributed by atoms with Crippen molar-refractivity contribution in [2.75, 3.05) is 6.54 Å². The van der Waals surface area contributed by atoms with E-state index < -0.39 is 0 Å². The summed E-state index contributed by atoms with van der Waals surface area (Å²) < 4.78 is 0. The molecule has 1 aromatic carbocycles. The molecule has 0 atom stereocenters. The van der Waals surface area contributed by atoms with E-state index in [1.807, 2.05) is 12.1 Å². The first-order valence-electron chi connectivity index (χ1n) is 6.40. The van der Waals surface area contributed by atoms with E-state index in [2.05, 4.69) is 16.7 Å². The minimum absolute atomic E-state index is 0.0135. The van der Waals surface area contributed by atoms with E-state index in [1.165, 1.54) is 25.3 Å². The van der Waals surface area contributed by atoms with Gasteiger partial charge in [-0.1, -0.05) is 23.7 Å². The Kier molecular flexibility index (Phi) is 4.61. The Morgan fingerprint density at radius 3 is 2.89 bits per heavy atom. The third kappa shape index (κ3) is 4.31. The number of carbonyl (C=O) groups excluding carboxylic acids is 1. The van der Waals surface area contributed by atoms with Crippen LogP contribution in [0.15, 0.2) is 18.2 Å². The molecule has 0 aliphatic heterocycles. The number of rotatable bonds is 6. The molecule has 3 nitrogen and oxygen atoms in total. The van der Waals surface area contributed by atoms with Crippen molar-refractivity contribution in [3.63, 3.8) is 0 Å². The van der Waals surface area contributed by atoms with Crippen molar-refractivity contribution in [3.8, 4) is 0 Å². The molecule has 0 heterocycles. The second kappa shape index (κ2) is 6.21. The van der Waals surface area contributed by atoms with Crippen LogP contribution < -0.4 is 10.6 Å². The van der Waals surface area contributed by atoms with Crippen molar-refractivity contribution >= 4 is 17.5 Å². The minimum Gasteiger partial charge on any atom is -0.356 e. The van der Waals surface area contributed by atoms with E-state index in [9.17, 15) is 4.79 Å². The fraction of sp³-hybridized carbons (Fsp3) is 0.500. The van der Waals surface area contributed by atoms with Crippen LogP contribution in [-0.4, -0.2) is 18.5 Å². The Hall–Kier alpha value is -1.06. The second-order valence-corrected chi connectivity index (χ2v) is 5.22. The van der Waals surface area contributed by atoms with Gasteiger partial charge in [0.25, 0.3) is 0 Å². The topological polar surface area (TPSA) is 41.1 Å². The number of nitrogens with one attached hydrogen (secondary N) is 2. The highest BCUT2D eigenvalue weighted by molar-refractivity contribution is 6.31. The Morgan fingerprint density at radius 1 is 1.44 bits per heavy atom. The van der Waals surface area contributed by atoms with Gasteiger partial charge in [0.15, 0.2) is 0 Å². The van der Waals surface area contributed by atoms with Crippen molar-refractivity contribution in [2.45, 2.75) is 38.8 Å². The summed E-state index contributed by atoms with van der Waals surface area (Å²) in [5, 5.41) is 7.07. The van der Waals surface area contributed by atoms with Crippen molar-refractivity contribution < 1.29 is 4.79 Å². The Balaban J connectivity index is 1.89. The van der Waals surface area contributed by atoms with Gasteiger partial charge in [-0.15, -0.1) is 0 Å². The van der Waals surface area contributed by atoms with Crippen LogP contribution in [0.1, 0.15) is 30.9 Å². The van der Waals surface area contributed by atoms with Gasteiger partial charge < -0.3 is 10.6 Å². The number of hydrogen-bond donors (Lipinski definition) is 2. The normalized spacial score (nSPS) is 14.6. The van der Waals surface area contributed by atoms with Gasteiger partial charge in [0, 0.05) is 31.1 Å². The molecule has 0 unspecified atom stereocenters. The lowest BCUT2D eigenvalue weighted by molar-refractivity contribution is -0.118. The maximum atomic E-state index is 10.8. The van der Waals surface area contributed by atoms with Crippen LogP contribution in [0.25, 0.3) is 0 Å². The molecule has 0 spiro atoms. The van der Waals surface area contributed by atoms with Crippen LogP contribution in [-0.2, 0) is 17.8 Å². The second-order valence-electron chi connectivity index (χ2n) is 4.81. The zero-order valence-electron chi connectivity index (χ0n) is 10.6. The highest BCUT2D eigenvalue weighted by atomic mass is 35.5. The average Bonchev–Trinajstić information content (AvgIpc) is 3.13. The van der Waals surface area contributed by atoms with Crippen LogP contribution in [0.5, 0.6) is 0 Å². The molecule has 1 aliphatic carbocycles.